The standard InChI is InChI=1S/C12H12O3/c1-3-12(13)15-10(2)9-14-11-7-5-4-6-8-11/h3-8H,1-2,9H2. The SMILES string of the molecule is C=CC(=O)OC(=C)COc1ccccc1. The Labute approximate surface area is 88.6 Å². The highest BCUT2D eigenvalue weighted by molar-refractivity contribution is 5.82. The zero-order valence-electron chi connectivity index (χ0n) is 8.31. The first kappa shape index (κ1) is 11.0. The predicted octanol–water partition coefficient (Wildman–Crippen LogP) is 2.31. The van der Waals surface area contributed by atoms with Crippen LogP contribution in [0.25, 0.3) is 0 Å². The molecule has 0 atom stereocenters. The van der Waals surface area contributed by atoms with Crippen LogP contribution in [-0.2, 0) is 9.53 Å². The lowest BCUT2D eigenvalue weighted by Gasteiger charge is -2.07. The maximum absolute atomic E-state index is 10.8. The summed E-state index contributed by atoms with van der Waals surface area (Å²) in [6, 6.07) is 9.21. The monoisotopic (exact) mass is 204 g/mol. The van der Waals surface area contributed by atoms with Crippen molar-refractivity contribution in [2.75, 3.05) is 6.61 Å². The third-order valence-electron chi connectivity index (χ3n) is 1.55. The fraction of sp³-hybridized carbons (Fsp3) is 0.0833. The van der Waals surface area contributed by atoms with Crippen molar-refractivity contribution in [2.45, 2.75) is 0 Å². The largest absolute Gasteiger partial charge is 0.486 e. The van der Waals surface area contributed by atoms with Crippen LogP contribution in [0.4, 0.5) is 0 Å². The number of carbonyl (C=O) groups excluding carboxylic acids is 1. The summed E-state index contributed by atoms with van der Waals surface area (Å²) in [5, 5.41) is 0. The van der Waals surface area contributed by atoms with Crippen LogP contribution < -0.4 is 4.74 Å². The van der Waals surface area contributed by atoms with Gasteiger partial charge in [-0.1, -0.05) is 31.4 Å². The molecule has 0 saturated heterocycles. The van der Waals surface area contributed by atoms with Gasteiger partial charge in [0, 0.05) is 6.08 Å². The molecule has 1 rings (SSSR count). The lowest BCUT2D eigenvalue weighted by Crippen LogP contribution is -2.07. The maximum atomic E-state index is 10.8. The molecule has 0 saturated carbocycles. The van der Waals surface area contributed by atoms with E-state index in [4.69, 9.17) is 9.47 Å². The third kappa shape index (κ3) is 4.13. The van der Waals surface area contributed by atoms with E-state index in [1.54, 1.807) is 0 Å². The number of para-hydroxylation sites is 1. The highest BCUT2D eigenvalue weighted by Gasteiger charge is 2.01. The van der Waals surface area contributed by atoms with E-state index in [0.29, 0.717) is 5.75 Å². The van der Waals surface area contributed by atoms with E-state index in [-0.39, 0.29) is 12.4 Å². The van der Waals surface area contributed by atoms with E-state index in [1.807, 2.05) is 30.3 Å². The minimum Gasteiger partial charge on any atom is -0.486 e. The van der Waals surface area contributed by atoms with Crippen molar-refractivity contribution in [1.29, 1.82) is 0 Å². The number of ether oxygens (including phenoxy) is 2. The molecular formula is C12H12O3. The van der Waals surface area contributed by atoms with Crippen molar-refractivity contribution < 1.29 is 14.3 Å². The molecule has 0 unspecified atom stereocenters. The van der Waals surface area contributed by atoms with Gasteiger partial charge in [-0.05, 0) is 12.1 Å². The van der Waals surface area contributed by atoms with Crippen LogP contribution in [0.15, 0.2) is 55.3 Å². The Morgan fingerprint density at radius 2 is 2.00 bits per heavy atom. The summed E-state index contributed by atoms with van der Waals surface area (Å²) in [6.45, 7) is 6.96. The molecule has 3 nitrogen and oxygen atoms in total. The Kier molecular flexibility index (Phi) is 4.16. The lowest BCUT2D eigenvalue weighted by atomic mass is 10.3. The van der Waals surface area contributed by atoms with Crippen LogP contribution in [0.1, 0.15) is 0 Å². The predicted molar refractivity (Wildman–Crippen MR) is 57.4 cm³/mol. The van der Waals surface area contributed by atoms with Gasteiger partial charge in [-0.2, -0.15) is 0 Å². The van der Waals surface area contributed by atoms with Crippen molar-refractivity contribution >= 4 is 5.97 Å². The van der Waals surface area contributed by atoms with Crippen LogP contribution >= 0.6 is 0 Å². The molecule has 78 valence electrons. The van der Waals surface area contributed by atoms with Gasteiger partial charge in [0.15, 0.2) is 0 Å². The van der Waals surface area contributed by atoms with Gasteiger partial charge in [0.05, 0.1) is 0 Å². The molecule has 3 heteroatoms. The van der Waals surface area contributed by atoms with Crippen LogP contribution in [-0.4, -0.2) is 12.6 Å². The normalized spacial score (nSPS) is 9.07. The van der Waals surface area contributed by atoms with Gasteiger partial charge in [0.2, 0.25) is 0 Å². The smallest absolute Gasteiger partial charge is 0.335 e. The van der Waals surface area contributed by atoms with Crippen molar-refractivity contribution in [1.82, 2.24) is 0 Å². The van der Waals surface area contributed by atoms with Gasteiger partial charge in [0.25, 0.3) is 0 Å². The first-order valence-corrected chi connectivity index (χ1v) is 4.42. The number of benzene rings is 1. The Morgan fingerprint density at radius 3 is 2.60 bits per heavy atom. The van der Waals surface area contributed by atoms with Crippen LogP contribution in [0, 0.1) is 0 Å². The second-order valence-corrected chi connectivity index (χ2v) is 2.77. The molecule has 0 bridgehead atoms. The molecule has 0 fully saturated rings. The molecule has 0 spiro atoms. The second kappa shape index (κ2) is 5.65. The highest BCUT2D eigenvalue weighted by atomic mass is 16.6. The molecule has 0 amide bonds. The van der Waals surface area contributed by atoms with Crippen LogP contribution in [0.3, 0.4) is 0 Å². The molecular weight excluding hydrogens is 192 g/mol. The maximum Gasteiger partial charge on any atom is 0.335 e. The summed E-state index contributed by atoms with van der Waals surface area (Å²) in [5.74, 6) is 0.425. The van der Waals surface area contributed by atoms with Crippen molar-refractivity contribution in [3.05, 3.63) is 55.3 Å². The van der Waals surface area contributed by atoms with E-state index < -0.39 is 5.97 Å². The summed E-state index contributed by atoms with van der Waals surface area (Å²) in [7, 11) is 0. The number of hydrogen-bond donors (Lipinski definition) is 0. The molecule has 15 heavy (non-hydrogen) atoms. The lowest BCUT2D eigenvalue weighted by molar-refractivity contribution is -0.134. The van der Waals surface area contributed by atoms with E-state index in [0.717, 1.165) is 6.08 Å². The topological polar surface area (TPSA) is 35.5 Å². The molecule has 0 aromatic heterocycles. The zero-order chi connectivity index (χ0) is 11.1. The van der Waals surface area contributed by atoms with E-state index in [1.165, 1.54) is 0 Å². The Bertz CT molecular complexity index is 354. The van der Waals surface area contributed by atoms with Gasteiger partial charge in [-0.15, -0.1) is 0 Å². The van der Waals surface area contributed by atoms with Gasteiger partial charge >= 0.3 is 5.97 Å². The minimum atomic E-state index is -0.531. The fourth-order valence-corrected chi connectivity index (χ4v) is 0.894. The molecule has 0 aliphatic heterocycles. The van der Waals surface area contributed by atoms with Crippen molar-refractivity contribution in [3.8, 4) is 5.75 Å². The summed E-state index contributed by atoms with van der Waals surface area (Å²) in [5.41, 5.74) is 0. The zero-order valence-corrected chi connectivity index (χ0v) is 8.31. The fourth-order valence-electron chi connectivity index (χ4n) is 0.894. The molecule has 1 aromatic carbocycles. The van der Waals surface area contributed by atoms with E-state index >= 15 is 0 Å². The first-order valence-electron chi connectivity index (χ1n) is 4.42. The number of esters is 1. The van der Waals surface area contributed by atoms with Crippen molar-refractivity contribution in [2.24, 2.45) is 0 Å². The summed E-state index contributed by atoms with van der Waals surface area (Å²) < 4.78 is 10.0. The minimum absolute atomic E-state index is 0.142. The summed E-state index contributed by atoms with van der Waals surface area (Å²) in [6.07, 6.45) is 1.08. The van der Waals surface area contributed by atoms with Crippen molar-refractivity contribution in [3.63, 3.8) is 0 Å². The Balaban J connectivity index is 2.35. The first-order chi connectivity index (χ1) is 7.22. The summed E-state index contributed by atoms with van der Waals surface area (Å²) in [4.78, 5) is 10.8. The van der Waals surface area contributed by atoms with Gasteiger partial charge < -0.3 is 9.47 Å². The molecule has 0 aliphatic carbocycles. The molecule has 0 radical (unpaired) electrons. The molecule has 0 heterocycles. The average Bonchev–Trinajstić information content (AvgIpc) is 2.27. The summed E-state index contributed by atoms with van der Waals surface area (Å²) >= 11 is 0. The number of hydrogen-bond acceptors (Lipinski definition) is 3. The van der Waals surface area contributed by atoms with E-state index in [2.05, 4.69) is 13.2 Å². The second-order valence-electron chi connectivity index (χ2n) is 2.77. The molecule has 0 aliphatic rings. The Hall–Kier alpha value is -2.03. The molecule has 0 N–H and O–H groups in total. The van der Waals surface area contributed by atoms with Gasteiger partial charge in [-0.3, -0.25) is 0 Å². The Morgan fingerprint density at radius 1 is 1.33 bits per heavy atom. The van der Waals surface area contributed by atoms with E-state index in [9.17, 15) is 4.79 Å². The highest BCUT2D eigenvalue weighted by Crippen LogP contribution is 2.09. The van der Waals surface area contributed by atoms with Crippen LogP contribution in [0.2, 0.25) is 0 Å². The third-order valence-corrected chi connectivity index (χ3v) is 1.55. The van der Waals surface area contributed by atoms with Gasteiger partial charge in [0.1, 0.15) is 18.1 Å². The molecule has 1 aromatic rings. The number of carbonyl (C=O) groups is 1. The van der Waals surface area contributed by atoms with Crippen LogP contribution in [0.5, 0.6) is 5.75 Å². The quantitative estimate of drug-likeness (QED) is 0.419. The van der Waals surface area contributed by atoms with Gasteiger partial charge in [-0.25, -0.2) is 4.79 Å². The number of rotatable bonds is 5. The average molecular weight is 204 g/mol.